The second-order valence-electron chi connectivity index (χ2n) is 2.95. The van der Waals surface area contributed by atoms with Crippen molar-refractivity contribution in [2.45, 2.75) is 0 Å². The number of benzene rings is 1. The van der Waals surface area contributed by atoms with E-state index in [1.165, 1.54) is 7.11 Å². The minimum atomic E-state index is -0.676. The van der Waals surface area contributed by atoms with Gasteiger partial charge in [-0.25, -0.2) is 9.59 Å². The fourth-order valence-corrected chi connectivity index (χ4v) is 1.00. The van der Waals surface area contributed by atoms with Gasteiger partial charge in [-0.15, -0.1) is 6.42 Å². The number of carbonyl (C=O) groups excluding carboxylic acids is 2. The summed E-state index contributed by atoms with van der Waals surface area (Å²) in [6, 6.07) is 6.51. The number of hydrogen-bond donors (Lipinski definition) is 0. The summed E-state index contributed by atoms with van der Waals surface area (Å²) < 4.78 is 9.25. The zero-order chi connectivity index (χ0) is 12.7. The molecule has 0 spiro atoms. The summed E-state index contributed by atoms with van der Waals surface area (Å²) in [6.07, 6.45) is 7.16. The molecule has 1 aromatic carbocycles. The van der Waals surface area contributed by atoms with Crippen LogP contribution in [0.5, 0.6) is 5.75 Å². The van der Waals surface area contributed by atoms with Gasteiger partial charge in [0, 0.05) is 17.7 Å². The fourth-order valence-electron chi connectivity index (χ4n) is 1.00. The van der Waals surface area contributed by atoms with Crippen LogP contribution in [0.15, 0.2) is 36.4 Å². The van der Waals surface area contributed by atoms with Gasteiger partial charge >= 0.3 is 11.9 Å². The van der Waals surface area contributed by atoms with Crippen LogP contribution in [0.3, 0.4) is 0 Å². The zero-order valence-electron chi connectivity index (χ0n) is 9.17. The third-order valence-electron chi connectivity index (χ3n) is 1.78. The molecule has 0 atom stereocenters. The quantitative estimate of drug-likeness (QED) is 0.340. The molecule has 0 saturated heterocycles. The maximum Gasteiger partial charge on any atom is 0.336 e. The van der Waals surface area contributed by atoms with Crippen molar-refractivity contribution in [3.63, 3.8) is 0 Å². The maximum atomic E-state index is 11.3. The zero-order valence-corrected chi connectivity index (χ0v) is 9.17. The van der Waals surface area contributed by atoms with Gasteiger partial charge in [-0.05, 0) is 18.2 Å². The van der Waals surface area contributed by atoms with Crippen LogP contribution < -0.4 is 4.74 Å². The molecule has 0 aliphatic carbocycles. The van der Waals surface area contributed by atoms with Gasteiger partial charge in [0.15, 0.2) is 0 Å². The Morgan fingerprint density at radius 1 is 1.29 bits per heavy atom. The van der Waals surface area contributed by atoms with Gasteiger partial charge in [-0.1, -0.05) is 12.0 Å². The van der Waals surface area contributed by atoms with Crippen LogP contribution in [0.25, 0.3) is 0 Å². The molecule has 4 nitrogen and oxygen atoms in total. The average Bonchev–Trinajstić information content (AvgIpc) is 2.36. The van der Waals surface area contributed by atoms with Crippen molar-refractivity contribution >= 4 is 11.9 Å². The molecule has 0 N–H and O–H groups in total. The highest BCUT2D eigenvalue weighted by atomic mass is 16.5. The second-order valence-corrected chi connectivity index (χ2v) is 2.95. The smallest absolute Gasteiger partial charge is 0.336 e. The van der Waals surface area contributed by atoms with E-state index in [4.69, 9.17) is 11.2 Å². The molecule has 86 valence electrons. The summed E-state index contributed by atoms with van der Waals surface area (Å²) in [5.41, 5.74) is 0.604. The lowest BCUT2D eigenvalue weighted by Crippen LogP contribution is -2.05. The Morgan fingerprint density at radius 3 is 2.65 bits per heavy atom. The SMILES string of the molecule is C#Cc1cccc(OC(=O)/C=C\C(=O)OC)c1. The lowest BCUT2D eigenvalue weighted by molar-refractivity contribution is -0.135. The van der Waals surface area contributed by atoms with Crippen LogP contribution in [0.1, 0.15) is 5.56 Å². The Hall–Kier alpha value is -2.54. The predicted molar refractivity (Wildman–Crippen MR) is 61.2 cm³/mol. The molecule has 1 rings (SSSR count). The summed E-state index contributed by atoms with van der Waals surface area (Å²) in [5.74, 6) is 1.43. The molecule has 0 aliphatic rings. The number of hydrogen-bond acceptors (Lipinski definition) is 4. The van der Waals surface area contributed by atoms with E-state index in [2.05, 4.69) is 10.7 Å². The number of rotatable bonds is 3. The summed E-state index contributed by atoms with van der Waals surface area (Å²) in [6.45, 7) is 0. The average molecular weight is 230 g/mol. The van der Waals surface area contributed by atoms with Gasteiger partial charge in [0.05, 0.1) is 7.11 Å². The van der Waals surface area contributed by atoms with E-state index in [-0.39, 0.29) is 0 Å². The predicted octanol–water partition coefficient (Wildman–Crippen LogP) is 1.30. The van der Waals surface area contributed by atoms with Crippen LogP contribution >= 0.6 is 0 Å². The lowest BCUT2D eigenvalue weighted by Gasteiger charge is -2.01. The highest BCUT2D eigenvalue weighted by molar-refractivity contribution is 5.92. The van der Waals surface area contributed by atoms with Gasteiger partial charge in [-0.2, -0.15) is 0 Å². The first kappa shape index (κ1) is 12.5. The Bertz CT molecular complexity index is 494. The van der Waals surface area contributed by atoms with Gasteiger partial charge in [0.2, 0.25) is 0 Å². The third kappa shape index (κ3) is 4.22. The molecule has 17 heavy (non-hydrogen) atoms. The maximum absolute atomic E-state index is 11.3. The summed E-state index contributed by atoms with van der Waals surface area (Å²) in [7, 11) is 1.22. The van der Waals surface area contributed by atoms with Crippen molar-refractivity contribution in [1.82, 2.24) is 0 Å². The minimum Gasteiger partial charge on any atom is -0.466 e. The van der Waals surface area contributed by atoms with Crippen LogP contribution in [0.4, 0.5) is 0 Å². The van der Waals surface area contributed by atoms with Crippen molar-refractivity contribution in [3.8, 4) is 18.1 Å². The Labute approximate surface area is 98.8 Å². The molecule has 0 saturated carbocycles. The topological polar surface area (TPSA) is 52.6 Å². The first-order valence-electron chi connectivity index (χ1n) is 4.70. The molecule has 4 heteroatoms. The highest BCUT2D eigenvalue weighted by Gasteiger charge is 2.02. The first-order chi connectivity index (χ1) is 8.15. The van der Waals surface area contributed by atoms with E-state index in [0.717, 1.165) is 12.2 Å². The second kappa shape index (κ2) is 6.13. The molecular formula is C13H10O4. The first-order valence-corrected chi connectivity index (χ1v) is 4.70. The number of terminal acetylenes is 1. The molecule has 0 radical (unpaired) electrons. The molecule has 0 heterocycles. The van der Waals surface area contributed by atoms with Crippen molar-refractivity contribution < 1.29 is 19.1 Å². The molecular weight excluding hydrogens is 220 g/mol. The lowest BCUT2D eigenvalue weighted by atomic mass is 10.2. The Morgan fingerprint density at radius 2 is 2.00 bits per heavy atom. The fraction of sp³-hybridized carbons (Fsp3) is 0.0769. The van der Waals surface area contributed by atoms with E-state index in [1.807, 2.05) is 0 Å². The van der Waals surface area contributed by atoms with Gasteiger partial charge in [0.25, 0.3) is 0 Å². The van der Waals surface area contributed by atoms with E-state index in [9.17, 15) is 9.59 Å². The van der Waals surface area contributed by atoms with E-state index < -0.39 is 11.9 Å². The van der Waals surface area contributed by atoms with Crippen LogP contribution in [-0.2, 0) is 14.3 Å². The van der Waals surface area contributed by atoms with Gasteiger partial charge < -0.3 is 9.47 Å². The number of esters is 2. The van der Waals surface area contributed by atoms with E-state index in [0.29, 0.717) is 11.3 Å². The third-order valence-corrected chi connectivity index (χ3v) is 1.78. The normalized spacial score (nSPS) is 9.65. The molecule has 0 bridgehead atoms. The van der Waals surface area contributed by atoms with Crippen molar-refractivity contribution in [3.05, 3.63) is 42.0 Å². The van der Waals surface area contributed by atoms with Crippen molar-refractivity contribution in [2.24, 2.45) is 0 Å². The number of carbonyl (C=O) groups is 2. The summed E-state index contributed by atoms with van der Waals surface area (Å²) >= 11 is 0. The summed E-state index contributed by atoms with van der Waals surface area (Å²) in [4.78, 5) is 22.0. The standard InChI is InChI=1S/C13H10O4/c1-3-10-5-4-6-11(9-10)17-13(15)8-7-12(14)16-2/h1,4-9H,2H3/b8-7-. The van der Waals surface area contributed by atoms with Crippen molar-refractivity contribution in [1.29, 1.82) is 0 Å². The van der Waals surface area contributed by atoms with Crippen LogP contribution in [-0.4, -0.2) is 19.0 Å². The monoisotopic (exact) mass is 230 g/mol. The number of ether oxygens (including phenoxy) is 2. The van der Waals surface area contributed by atoms with E-state index >= 15 is 0 Å². The largest absolute Gasteiger partial charge is 0.466 e. The Kier molecular flexibility index (Phi) is 4.52. The van der Waals surface area contributed by atoms with Crippen LogP contribution in [0.2, 0.25) is 0 Å². The van der Waals surface area contributed by atoms with Gasteiger partial charge in [-0.3, -0.25) is 0 Å². The molecule has 0 aromatic heterocycles. The van der Waals surface area contributed by atoms with Crippen LogP contribution in [0, 0.1) is 12.3 Å². The molecule has 1 aromatic rings. The molecule has 0 amide bonds. The van der Waals surface area contributed by atoms with Crippen molar-refractivity contribution in [2.75, 3.05) is 7.11 Å². The minimum absolute atomic E-state index is 0.319. The molecule has 0 aliphatic heterocycles. The Balaban J connectivity index is 2.65. The molecule has 0 unspecified atom stereocenters. The number of methoxy groups -OCH3 is 1. The highest BCUT2D eigenvalue weighted by Crippen LogP contribution is 2.12. The summed E-state index contributed by atoms with van der Waals surface area (Å²) in [5, 5.41) is 0. The van der Waals surface area contributed by atoms with Gasteiger partial charge in [0.1, 0.15) is 5.75 Å². The van der Waals surface area contributed by atoms with E-state index in [1.54, 1.807) is 24.3 Å². The molecule has 0 fully saturated rings.